The third kappa shape index (κ3) is 21.9. The minimum Gasteiger partial charge on any atom is -0.481 e. The summed E-state index contributed by atoms with van der Waals surface area (Å²) >= 11 is 0. The Labute approximate surface area is 198 Å². The lowest BCUT2D eigenvalue weighted by Gasteiger charge is -2.11. The fraction of sp³-hybridized carbons (Fsp3) is 0.857. The number of hydrogen-bond donors (Lipinski definition) is 1. The van der Waals surface area contributed by atoms with Crippen molar-refractivity contribution < 1.29 is 19.4 Å². The smallest absolute Gasteiger partial charge is 0.307 e. The number of rotatable bonds is 24. The van der Waals surface area contributed by atoms with Crippen LogP contribution in [-0.4, -0.2) is 23.7 Å². The van der Waals surface area contributed by atoms with E-state index >= 15 is 0 Å². The average molecular weight is 453 g/mol. The van der Waals surface area contributed by atoms with Gasteiger partial charge in [-0.05, 0) is 38.5 Å². The summed E-state index contributed by atoms with van der Waals surface area (Å²) in [5.74, 6) is -1.86. The zero-order valence-corrected chi connectivity index (χ0v) is 21.3. The molecule has 32 heavy (non-hydrogen) atoms. The summed E-state index contributed by atoms with van der Waals surface area (Å²) in [5.41, 5.74) is 0. The van der Waals surface area contributed by atoms with Gasteiger partial charge in [-0.15, -0.1) is 0 Å². The Bertz CT molecular complexity index is 458. The molecule has 0 rings (SSSR count). The molecule has 188 valence electrons. The monoisotopic (exact) mass is 452 g/mol. The molecular formula is C28H52O4. The highest BCUT2D eigenvalue weighted by atomic mass is 16.5. The summed E-state index contributed by atoms with van der Waals surface area (Å²) in [5, 5.41) is 9.29. The predicted octanol–water partition coefficient (Wildman–Crippen LogP) is 8.63. The Morgan fingerprint density at radius 3 is 1.62 bits per heavy atom. The fourth-order valence-corrected chi connectivity index (χ4v) is 3.96. The number of carboxylic acid groups (broad SMARTS) is 1. The summed E-state index contributed by atoms with van der Waals surface area (Å²) < 4.78 is 5.01. The van der Waals surface area contributed by atoms with Crippen molar-refractivity contribution in [2.75, 3.05) is 6.61 Å². The van der Waals surface area contributed by atoms with Crippen LogP contribution >= 0.6 is 0 Å². The zero-order valence-electron chi connectivity index (χ0n) is 21.3. The van der Waals surface area contributed by atoms with Crippen molar-refractivity contribution in [2.45, 2.75) is 142 Å². The van der Waals surface area contributed by atoms with Gasteiger partial charge in [-0.1, -0.05) is 109 Å². The van der Waals surface area contributed by atoms with E-state index in [1.807, 2.05) is 6.92 Å². The molecule has 0 heterocycles. The normalized spacial score (nSPS) is 12.3. The Hall–Kier alpha value is -1.32. The van der Waals surface area contributed by atoms with Gasteiger partial charge in [0.25, 0.3) is 0 Å². The van der Waals surface area contributed by atoms with Gasteiger partial charge in [-0.2, -0.15) is 0 Å². The number of hydrogen-bond acceptors (Lipinski definition) is 3. The highest BCUT2D eigenvalue weighted by Crippen LogP contribution is 2.17. The van der Waals surface area contributed by atoms with Crippen LogP contribution in [0.25, 0.3) is 0 Å². The minimum absolute atomic E-state index is 0.00280. The first-order chi connectivity index (χ1) is 15.6. The van der Waals surface area contributed by atoms with Gasteiger partial charge in [0.2, 0.25) is 0 Å². The van der Waals surface area contributed by atoms with E-state index in [-0.39, 0.29) is 12.4 Å². The van der Waals surface area contributed by atoms with E-state index in [0.717, 1.165) is 25.7 Å². The predicted molar refractivity (Wildman–Crippen MR) is 135 cm³/mol. The highest BCUT2D eigenvalue weighted by molar-refractivity contribution is 5.78. The maximum Gasteiger partial charge on any atom is 0.307 e. The van der Waals surface area contributed by atoms with Gasteiger partial charge in [-0.25, -0.2) is 0 Å². The molecule has 4 heteroatoms. The van der Waals surface area contributed by atoms with Crippen LogP contribution in [0.3, 0.4) is 0 Å². The van der Waals surface area contributed by atoms with Crippen molar-refractivity contribution in [1.82, 2.24) is 0 Å². The summed E-state index contributed by atoms with van der Waals surface area (Å²) in [6, 6.07) is 0. The van der Waals surface area contributed by atoms with Gasteiger partial charge in [0.15, 0.2) is 0 Å². The molecule has 1 N–H and O–H groups in total. The third-order valence-electron chi connectivity index (χ3n) is 6.04. The zero-order chi connectivity index (χ0) is 23.7. The van der Waals surface area contributed by atoms with Crippen LogP contribution in [0.4, 0.5) is 0 Å². The van der Waals surface area contributed by atoms with Crippen molar-refractivity contribution in [2.24, 2.45) is 5.92 Å². The number of allylic oxidation sites excluding steroid dienone is 2. The molecule has 0 spiro atoms. The molecule has 0 bridgehead atoms. The van der Waals surface area contributed by atoms with Gasteiger partial charge in [0.1, 0.15) is 0 Å². The molecule has 0 aromatic carbocycles. The SMILES string of the molecule is CCCCCCCCC/C=C/CCCCCCCCCCC(CC(=O)OCCC)C(=O)O. The molecule has 0 amide bonds. The molecule has 0 saturated heterocycles. The molecule has 0 aliphatic heterocycles. The lowest BCUT2D eigenvalue weighted by Crippen LogP contribution is -2.19. The van der Waals surface area contributed by atoms with Gasteiger partial charge >= 0.3 is 11.9 Å². The lowest BCUT2D eigenvalue weighted by atomic mass is 9.97. The van der Waals surface area contributed by atoms with Gasteiger partial charge in [0, 0.05) is 0 Å². The van der Waals surface area contributed by atoms with Crippen LogP contribution in [-0.2, 0) is 14.3 Å². The van der Waals surface area contributed by atoms with Crippen molar-refractivity contribution >= 4 is 11.9 Å². The molecule has 0 aliphatic rings. The van der Waals surface area contributed by atoms with Crippen LogP contribution in [0.1, 0.15) is 142 Å². The first-order valence-corrected chi connectivity index (χ1v) is 13.6. The van der Waals surface area contributed by atoms with E-state index < -0.39 is 11.9 Å². The quantitative estimate of drug-likeness (QED) is 0.0904. The van der Waals surface area contributed by atoms with E-state index in [1.54, 1.807) is 0 Å². The molecule has 0 aromatic rings. The number of ether oxygens (including phenoxy) is 1. The van der Waals surface area contributed by atoms with E-state index in [2.05, 4.69) is 19.1 Å². The van der Waals surface area contributed by atoms with Crippen LogP contribution in [0.15, 0.2) is 12.2 Å². The maximum absolute atomic E-state index is 11.6. The topological polar surface area (TPSA) is 63.6 Å². The Morgan fingerprint density at radius 1 is 0.688 bits per heavy atom. The number of aliphatic carboxylic acids is 1. The number of carbonyl (C=O) groups is 2. The van der Waals surface area contributed by atoms with Crippen LogP contribution < -0.4 is 0 Å². The summed E-state index contributed by atoms with van der Waals surface area (Å²) in [4.78, 5) is 22.9. The van der Waals surface area contributed by atoms with E-state index in [9.17, 15) is 14.7 Å². The maximum atomic E-state index is 11.6. The molecule has 0 fully saturated rings. The van der Waals surface area contributed by atoms with E-state index in [4.69, 9.17) is 4.74 Å². The second kappa shape index (κ2) is 24.3. The Balaban J connectivity index is 3.43. The highest BCUT2D eigenvalue weighted by Gasteiger charge is 2.21. The summed E-state index contributed by atoms with van der Waals surface area (Å²) in [6.45, 7) is 4.57. The first kappa shape index (κ1) is 30.7. The van der Waals surface area contributed by atoms with E-state index in [1.165, 1.54) is 89.9 Å². The number of esters is 1. The Morgan fingerprint density at radius 2 is 1.16 bits per heavy atom. The van der Waals surface area contributed by atoms with Crippen molar-refractivity contribution in [1.29, 1.82) is 0 Å². The summed E-state index contributed by atoms with van der Waals surface area (Å²) in [7, 11) is 0. The van der Waals surface area contributed by atoms with Crippen molar-refractivity contribution in [3.63, 3.8) is 0 Å². The second-order valence-electron chi connectivity index (χ2n) is 9.25. The van der Waals surface area contributed by atoms with Crippen LogP contribution in [0.2, 0.25) is 0 Å². The average Bonchev–Trinajstić information content (AvgIpc) is 2.78. The molecule has 1 atom stereocenters. The van der Waals surface area contributed by atoms with Crippen LogP contribution in [0.5, 0.6) is 0 Å². The van der Waals surface area contributed by atoms with Crippen molar-refractivity contribution in [3.8, 4) is 0 Å². The standard InChI is InChI=1S/C28H52O4/c1-3-5-6-7-8-9-10-11-12-13-14-15-16-17-18-19-20-21-22-23-26(28(30)31)25-27(29)32-24-4-2/h12-13,26H,3-11,14-25H2,1-2H3,(H,30,31)/b13-12+. The molecule has 1 unspecified atom stereocenters. The van der Waals surface area contributed by atoms with Gasteiger partial charge < -0.3 is 9.84 Å². The molecule has 0 saturated carbocycles. The van der Waals surface area contributed by atoms with E-state index in [0.29, 0.717) is 13.0 Å². The molecule has 0 radical (unpaired) electrons. The number of carboxylic acids is 1. The fourth-order valence-electron chi connectivity index (χ4n) is 3.96. The third-order valence-corrected chi connectivity index (χ3v) is 6.04. The second-order valence-corrected chi connectivity index (χ2v) is 9.25. The minimum atomic E-state index is -0.880. The number of unbranched alkanes of at least 4 members (excludes halogenated alkanes) is 15. The largest absolute Gasteiger partial charge is 0.481 e. The van der Waals surface area contributed by atoms with Crippen molar-refractivity contribution in [3.05, 3.63) is 12.2 Å². The first-order valence-electron chi connectivity index (χ1n) is 13.6. The Kier molecular flexibility index (Phi) is 23.3. The molecule has 0 aromatic heterocycles. The molecular weight excluding hydrogens is 400 g/mol. The van der Waals surface area contributed by atoms with Gasteiger partial charge in [0.05, 0.1) is 18.9 Å². The summed E-state index contributed by atoms with van der Waals surface area (Å²) in [6.07, 6.45) is 27.7. The lowest BCUT2D eigenvalue weighted by molar-refractivity contribution is -0.151. The molecule has 0 aliphatic carbocycles. The van der Waals surface area contributed by atoms with Gasteiger partial charge in [-0.3, -0.25) is 9.59 Å². The van der Waals surface area contributed by atoms with Crippen LogP contribution in [0, 0.1) is 5.92 Å². The number of carbonyl (C=O) groups excluding carboxylic acids is 1. The molecule has 4 nitrogen and oxygen atoms in total.